The SMILES string of the molecule is COc1ccc(-c2noc(CC(=O)OCC3OC(N=O)C(O)CC3O)c2-c2ccc(OC)cc2)cc1. The summed E-state index contributed by atoms with van der Waals surface area (Å²) in [6.07, 6.45) is -5.03. The average molecular weight is 498 g/mol. The fourth-order valence-corrected chi connectivity index (χ4v) is 3.92. The number of aliphatic hydroxyl groups is 2. The monoisotopic (exact) mass is 498 g/mol. The highest BCUT2D eigenvalue weighted by atomic mass is 16.6. The van der Waals surface area contributed by atoms with Crippen LogP contribution in [0.3, 0.4) is 0 Å². The second-order valence-electron chi connectivity index (χ2n) is 8.19. The highest BCUT2D eigenvalue weighted by Gasteiger charge is 2.38. The van der Waals surface area contributed by atoms with Gasteiger partial charge in [-0.1, -0.05) is 17.3 Å². The van der Waals surface area contributed by atoms with E-state index in [0.717, 1.165) is 11.1 Å². The van der Waals surface area contributed by atoms with E-state index >= 15 is 0 Å². The third kappa shape index (κ3) is 5.54. The van der Waals surface area contributed by atoms with Crippen LogP contribution in [0.5, 0.6) is 11.5 Å². The first-order valence-electron chi connectivity index (χ1n) is 11.2. The third-order valence-corrected chi connectivity index (χ3v) is 5.88. The second kappa shape index (κ2) is 11.3. The fraction of sp³-hybridized carbons (Fsp3) is 0.360. The molecule has 0 spiro atoms. The first kappa shape index (κ1) is 25.3. The Bertz CT molecular complexity index is 1180. The van der Waals surface area contributed by atoms with Crippen LogP contribution < -0.4 is 9.47 Å². The molecular formula is C25H26N2O9. The van der Waals surface area contributed by atoms with Gasteiger partial charge in [0.15, 0.2) is 5.76 Å². The molecular weight excluding hydrogens is 472 g/mol. The summed E-state index contributed by atoms with van der Waals surface area (Å²) in [7, 11) is 3.15. The van der Waals surface area contributed by atoms with Gasteiger partial charge in [-0.2, -0.15) is 0 Å². The van der Waals surface area contributed by atoms with Gasteiger partial charge in [0.2, 0.25) is 6.23 Å². The van der Waals surface area contributed by atoms with Gasteiger partial charge in [0.1, 0.15) is 42.4 Å². The molecule has 190 valence electrons. The Balaban J connectivity index is 1.55. The number of methoxy groups -OCH3 is 2. The lowest BCUT2D eigenvalue weighted by Gasteiger charge is -2.33. The molecule has 1 aliphatic rings. The van der Waals surface area contributed by atoms with Gasteiger partial charge < -0.3 is 33.7 Å². The summed E-state index contributed by atoms with van der Waals surface area (Å²) in [6, 6.07) is 14.5. The average Bonchev–Trinajstić information content (AvgIpc) is 3.31. The van der Waals surface area contributed by atoms with Gasteiger partial charge in [0.05, 0.1) is 25.9 Å². The van der Waals surface area contributed by atoms with Gasteiger partial charge >= 0.3 is 5.97 Å². The van der Waals surface area contributed by atoms with Crippen LogP contribution in [-0.4, -0.2) is 66.7 Å². The van der Waals surface area contributed by atoms with Gasteiger partial charge in [0, 0.05) is 12.0 Å². The molecule has 36 heavy (non-hydrogen) atoms. The Morgan fingerprint density at radius 2 is 1.61 bits per heavy atom. The summed E-state index contributed by atoms with van der Waals surface area (Å²) >= 11 is 0. The number of aliphatic hydroxyl groups excluding tert-OH is 2. The number of aromatic nitrogens is 1. The minimum Gasteiger partial charge on any atom is -0.497 e. The molecule has 0 bridgehead atoms. The maximum absolute atomic E-state index is 12.7. The lowest BCUT2D eigenvalue weighted by molar-refractivity contribution is -0.186. The van der Waals surface area contributed by atoms with Crippen molar-refractivity contribution in [2.75, 3.05) is 20.8 Å². The summed E-state index contributed by atoms with van der Waals surface area (Å²) in [5.74, 6) is 0.980. The van der Waals surface area contributed by atoms with Crippen LogP contribution in [0.4, 0.5) is 0 Å². The normalized spacial score (nSPS) is 21.6. The maximum Gasteiger partial charge on any atom is 0.313 e. The lowest BCUT2D eigenvalue weighted by Crippen LogP contribution is -2.48. The van der Waals surface area contributed by atoms with Crippen LogP contribution >= 0.6 is 0 Å². The second-order valence-corrected chi connectivity index (χ2v) is 8.19. The van der Waals surface area contributed by atoms with Crippen molar-refractivity contribution in [3.8, 4) is 33.9 Å². The molecule has 1 fully saturated rings. The van der Waals surface area contributed by atoms with Gasteiger partial charge in [-0.25, -0.2) is 0 Å². The van der Waals surface area contributed by atoms with Crippen molar-refractivity contribution >= 4 is 5.97 Å². The van der Waals surface area contributed by atoms with Crippen LogP contribution in [0.1, 0.15) is 12.2 Å². The Kier molecular flexibility index (Phi) is 7.93. The van der Waals surface area contributed by atoms with E-state index in [0.29, 0.717) is 22.8 Å². The summed E-state index contributed by atoms with van der Waals surface area (Å²) in [5.41, 5.74) is 2.66. The Hall–Kier alpha value is -3.80. The molecule has 0 saturated carbocycles. The number of nitrogens with zero attached hydrogens (tertiary/aromatic N) is 2. The van der Waals surface area contributed by atoms with E-state index in [2.05, 4.69) is 10.3 Å². The van der Waals surface area contributed by atoms with Crippen molar-refractivity contribution in [3.05, 3.63) is 59.2 Å². The number of ether oxygens (including phenoxy) is 4. The van der Waals surface area contributed by atoms with E-state index in [4.69, 9.17) is 23.5 Å². The predicted octanol–water partition coefficient (Wildman–Crippen LogP) is 2.71. The molecule has 0 aliphatic carbocycles. The Labute approximate surface area is 206 Å². The number of nitroso groups, excluding NO2 is 1. The number of rotatable bonds is 9. The van der Waals surface area contributed by atoms with Crippen LogP contribution in [0.2, 0.25) is 0 Å². The number of esters is 1. The number of benzene rings is 2. The maximum atomic E-state index is 12.7. The zero-order chi connectivity index (χ0) is 25.7. The van der Waals surface area contributed by atoms with Gasteiger partial charge in [-0.15, -0.1) is 4.91 Å². The van der Waals surface area contributed by atoms with Gasteiger partial charge in [-0.05, 0) is 47.1 Å². The molecule has 2 aromatic carbocycles. The summed E-state index contributed by atoms with van der Waals surface area (Å²) in [5, 5.41) is 26.7. The highest BCUT2D eigenvalue weighted by Crippen LogP contribution is 2.36. The van der Waals surface area contributed by atoms with Crippen molar-refractivity contribution in [3.63, 3.8) is 0 Å². The van der Waals surface area contributed by atoms with E-state index in [1.807, 2.05) is 24.3 Å². The van der Waals surface area contributed by atoms with Gasteiger partial charge in [0.25, 0.3) is 0 Å². The van der Waals surface area contributed by atoms with Crippen molar-refractivity contribution in [2.24, 2.45) is 5.18 Å². The highest BCUT2D eigenvalue weighted by molar-refractivity contribution is 5.85. The Morgan fingerprint density at radius 1 is 1.00 bits per heavy atom. The van der Waals surface area contributed by atoms with E-state index in [1.54, 1.807) is 38.5 Å². The minimum absolute atomic E-state index is 0.117. The zero-order valence-corrected chi connectivity index (χ0v) is 19.7. The number of carbonyl (C=O) groups excluding carboxylic acids is 1. The first-order chi connectivity index (χ1) is 17.4. The summed E-state index contributed by atoms with van der Waals surface area (Å²) in [6.45, 7) is -0.323. The van der Waals surface area contributed by atoms with Gasteiger partial charge in [-0.3, -0.25) is 4.79 Å². The first-order valence-corrected chi connectivity index (χ1v) is 11.2. The quantitative estimate of drug-likeness (QED) is 0.333. The predicted molar refractivity (Wildman–Crippen MR) is 126 cm³/mol. The smallest absolute Gasteiger partial charge is 0.313 e. The topological polar surface area (TPSA) is 150 Å². The van der Waals surface area contributed by atoms with Crippen molar-refractivity contribution in [2.45, 2.75) is 37.4 Å². The standard InChI is InChI=1S/C25H26N2O9/c1-32-16-7-3-14(4-8-16)23-20(36-27-24(23)15-5-9-17(33-2)10-6-15)12-22(30)34-13-21-18(28)11-19(29)25(26-31)35-21/h3-10,18-19,21,25,28-29H,11-13H2,1-2H3. The summed E-state index contributed by atoms with van der Waals surface area (Å²) < 4.78 is 26.6. The largest absolute Gasteiger partial charge is 0.497 e. The molecule has 4 unspecified atom stereocenters. The zero-order valence-electron chi connectivity index (χ0n) is 19.7. The number of carbonyl (C=O) groups is 1. The van der Waals surface area contributed by atoms with Crippen LogP contribution in [0.25, 0.3) is 22.4 Å². The van der Waals surface area contributed by atoms with E-state index in [1.165, 1.54) is 0 Å². The van der Waals surface area contributed by atoms with E-state index in [9.17, 15) is 19.9 Å². The molecule has 2 N–H and O–H groups in total. The molecule has 1 aromatic heterocycles. The van der Waals surface area contributed by atoms with E-state index in [-0.39, 0.29) is 25.2 Å². The third-order valence-electron chi connectivity index (χ3n) is 5.88. The molecule has 0 amide bonds. The van der Waals surface area contributed by atoms with Crippen molar-refractivity contribution in [1.82, 2.24) is 5.16 Å². The van der Waals surface area contributed by atoms with Crippen LogP contribution in [0, 0.1) is 4.91 Å². The van der Waals surface area contributed by atoms with Crippen molar-refractivity contribution < 1.29 is 38.5 Å². The molecule has 11 nitrogen and oxygen atoms in total. The molecule has 0 radical (unpaired) electrons. The summed E-state index contributed by atoms with van der Waals surface area (Å²) in [4.78, 5) is 23.5. The number of hydrogen-bond donors (Lipinski definition) is 2. The minimum atomic E-state index is -1.33. The lowest BCUT2D eigenvalue weighted by atomic mass is 9.98. The molecule has 1 saturated heterocycles. The molecule has 3 aromatic rings. The molecule has 1 aliphatic heterocycles. The molecule has 4 atom stereocenters. The molecule has 4 rings (SSSR count). The van der Waals surface area contributed by atoms with Crippen LogP contribution in [-0.2, 0) is 20.7 Å². The number of hydrogen-bond acceptors (Lipinski definition) is 11. The Morgan fingerprint density at radius 3 is 2.19 bits per heavy atom. The fourth-order valence-electron chi connectivity index (χ4n) is 3.92. The molecule has 11 heteroatoms. The van der Waals surface area contributed by atoms with E-state index < -0.39 is 30.5 Å². The molecule has 2 heterocycles. The van der Waals surface area contributed by atoms with Crippen molar-refractivity contribution in [1.29, 1.82) is 0 Å². The van der Waals surface area contributed by atoms with Crippen LogP contribution in [0.15, 0.2) is 58.2 Å².